The predicted molar refractivity (Wildman–Crippen MR) is 110 cm³/mol. The minimum atomic E-state index is -0.178. The van der Waals surface area contributed by atoms with Gasteiger partial charge < -0.3 is 19.6 Å². The molecule has 1 aromatic heterocycles. The highest BCUT2D eigenvalue weighted by atomic mass is 16.5. The predicted octanol–water partition coefficient (Wildman–Crippen LogP) is 3.45. The molecular weight excluding hydrogens is 368 g/mol. The Labute approximate surface area is 171 Å². The fourth-order valence-corrected chi connectivity index (χ4v) is 4.02. The number of nitrogens with zero attached hydrogens (tertiary/aromatic N) is 3. The second-order valence-electron chi connectivity index (χ2n) is 8.01. The van der Waals surface area contributed by atoms with Gasteiger partial charge in [0.1, 0.15) is 5.69 Å². The monoisotopic (exact) mass is 396 g/mol. The van der Waals surface area contributed by atoms with Crippen LogP contribution in [0.25, 0.3) is 11.3 Å². The van der Waals surface area contributed by atoms with Crippen molar-refractivity contribution < 1.29 is 14.1 Å². The van der Waals surface area contributed by atoms with Crippen LogP contribution in [-0.4, -0.2) is 59.1 Å². The number of carbonyl (C=O) groups excluding carboxylic acids is 2. The third-order valence-corrected chi connectivity index (χ3v) is 5.86. The van der Waals surface area contributed by atoms with Gasteiger partial charge in [0.15, 0.2) is 0 Å². The van der Waals surface area contributed by atoms with E-state index in [-0.39, 0.29) is 17.7 Å². The average Bonchev–Trinajstić information content (AvgIpc) is 3.25. The van der Waals surface area contributed by atoms with E-state index in [0.29, 0.717) is 37.9 Å². The Balaban J connectivity index is 1.31. The third kappa shape index (κ3) is 4.60. The van der Waals surface area contributed by atoms with Crippen molar-refractivity contribution in [3.8, 4) is 11.3 Å². The molecule has 0 spiro atoms. The fourth-order valence-electron chi connectivity index (χ4n) is 4.02. The van der Waals surface area contributed by atoms with Crippen molar-refractivity contribution in [3.05, 3.63) is 41.7 Å². The average molecular weight is 396 g/mol. The Morgan fingerprint density at radius 1 is 1.00 bits per heavy atom. The van der Waals surface area contributed by atoms with Gasteiger partial charge in [-0.25, -0.2) is 4.79 Å². The van der Waals surface area contributed by atoms with Crippen molar-refractivity contribution in [2.24, 2.45) is 0 Å². The topological polar surface area (TPSA) is 78.7 Å². The molecular formula is C22H28N4O3. The number of urea groups is 1. The Morgan fingerprint density at radius 2 is 1.66 bits per heavy atom. The quantitative estimate of drug-likeness (QED) is 0.862. The number of piperazine rings is 1. The molecule has 0 bridgehead atoms. The first kappa shape index (κ1) is 19.5. The summed E-state index contributed by atoms with van der Waals surface area (Å²) < 4.78 is 5.31. The van der Waals surface area contributed by atoms with Gasteiger partial charge in [-0.3, -0.25) is 4.79 Å². The van der Waals surface area contributed by atoms with E-state index in [1.54, 1.807) is 15.9 Å². The second-order valence-corrected chi connectivity index (χ2v) is 8.01. The number of amides is 3. The molecule has 1 saturated heterocycles. The molecule has 7 nitrogen and oxygen atoms in total. The van der Waals surface area contributed by atoms with Crippen LogP contribution < -0.4 is 5.32 Å². The van der Waals surface area contributed by atoms with Crippen LogP contribution in [0.5, 0.6) is 0 Å². The van der Waals surface area contributed by atoms with E-state index in [2.05, 4.69) is 10.5 Å². The van der Waals surface area contributed by atoms with E-state index in [1.165, 1.54) is 24.8 Å². The Kier molecular flexibility index (Phi) is 5.83. The number of aromatic nitrogens is 1. The molecule has 0 atom stereocenters. The molecule has 0 unspecified atom stereocenters. The van der Waals surface area contributed by atoms with Crippen LogP contribution in [0, 0.1) is 6.92 Å². The first-order valence-electron chi connectivity index (χ1n) is 10.5. The standard InChI is InChI=1S/C22H28N4O3/c1-16-7-9-17(10-8-16)19-15-20(29-24-19)21(27)25-11-13-26(14-12-25)22(28)23-18-5-3-2-4-6-18/h7-10,15,18H,2-6,11-14H2,1H3,(H,23,28). The molecule has 2 fully saturated rings. The Hall–Kier alpha value is -2.83. The van der Waals surface area contributed by atoms with E-state index in [4.69, 9.17) is 4.52 Å². The van der Waals surface area contributed by atoms with E-state index in [9.17, 15) is 9.59 Å². The van der Waals surface area contributed by atoms with E-state index in [0.717, 1.165) is 18.4 Å². The van der Waals surface area contributed by atoms with Crippen molar-refractivity contribution in [1.29, 1.82) is 0 Å². The summed E-state index contributed by atoms with van der Waals surface area (Å²) in [5, 5.41) is 7.19. The molecule has 2 aliphatic rings. The van der Waals surface area contributed by atoms with Gasteiger partial charge in [-0.15, -0.1) is 0 Å². The van der Waals surface area contributed by atoms with Gasteiger partial charge in [0.2, 0.25) is 5.76 Å². The minimum absolute atomic E-state index is 0.00896. The van der Waals surface area contributed by atoms with Gasteiger partial charge in [0.05, 0.1) is 0 Å². The summed E-state index contributed by atoms with van der Waals surface area (Å²) in [7, 11) is 0. The molecule has 4 rings (SSSR count). The lowest BCUT2D eigenvalue weighted by Crippen LogP contribution is -2.54. The molecule has 1 aliphatic heterocycles. The number of aryl methyl sites for hydroxylation is 1. The van der Waals surface area contributed by atoms with Crippen LogP contribution in [0.3, 0.4) is 0 Å². The number of rotatable bonds is 3. The molecule has 1 N–H and O–H groups in total. The second kappa shape index (κ2) is 8.68. The molecule has 1 aliphatic carbocycles. The third-order valence-electron chi connectivity index (χ3n) is 5.86. The number of hydrogen-bond acceptors (Lipinski definition) is 4. The molecule has 1 aromatic carbocycles. The zero-order chi connectivity index (χ0) is 20.2. The summed E-state index contributed by atoms with van der Waals surface area (Å²) >= 11 is 0. The molecule has 2 aromatic rings. The van der Waals surface area contributed by atoms with Crippen molar-refractivity contribution in [3.63, 3.8) is 0 Å². The fraction of sp³-hybridized carbons (Fsp3) is 0.500. The maximum Gasteiger partial charge on any atom is 0.317 e. The summed E-state index contributed by atoms with van der Waals surface area (Å²) in [5.74, 6) is 0.0592. The molecule has 154 valence electrons. The van der Waals surface area contributed by atoms with Crippen LogP contribution in [0.2, 0.25) is 0 Å². The maximum absolute atomic E-state index is 12.8. The molecule has 3 amide bonds. The van der Waals surface area contributed by atoms with Gasteiger partial charge in [-0.1, -0.05) is 54.2 Å². The molecule has 7 heteroatoms. The van der Waals surface area contributed by atoms with Crippen molar-refractivity contribution in [1.82, 2.24) is 20.3 Å². The van der Waals surface area contributed by atoms with Crippen LogP contribution in [0.4, 0.5) is 4.79 Å². The van der Waals surface area contributed by atoms with Crippen molar-refractivity contribution >= 4 is 11.9 Å². The summed E-state index contributed by atoms with van der Waals surface area (Å²) in [5.41, 5.74) is 2.74. The van der Waals surface area contributed by atoms with Crippen molar-refractivity contribution in [2.75, 3.05) is 26.2 Å². The Bertz CT molecular complexity index is 847. The highest BCUT2D eigenvalue weighted by molar-refractivity contribution is 5.92. The number of benzene rings is 1. The number of carbonyl (C=O) groups is 2. The smallest absolute Gasteiger partial charge is 0.317 e. The van der Waals surface area contributed by atoms with Gasteiger partial charge in [0.25, 0.3) is 5.91 Å². The highest BCUT2D eigenvalue weighted by Gasteiger charge is 2.28. The first-order valence-corrected chi connectivity index (χ1v) is 10.5. The van der Waals surface area contributed by atoms with Crippen LogP contribution in [-0.2, 0) is 0 Å². The normalized spacial score (nSPS) is 18.0. The largest absolute Gasteiger partial charge is 0.350 e. The molecule has 2 heterocycles. The van der Waals surface area contributed by atoms with Crippen LogP contribution in [0.1, 0.15) is 48.2 Å². The van der Waals surface area contributed by atoms with Gasteiger partial charge in [-0.05, 0) is 19.8 Å². The van der Waals surface area contributed by atoms with Crippen LogP contribution in [0.15, 0.2) is 34.9 Å². The number of hydrogen-bond donors (Lipinski definition) is 1. The first-order chi connectivity index (χ1) is 14.1. The van der Waals surface area contributed by atoms with E-state index < -0.39 is 0 Å². The maximum atomic E-state index is 12.8. The lowest BCUT2D eigenvalue weighted by molar-refractivity contribution is 0.0622. The summed E-state index contributed by atoms with van der Waals surface area (Å²) in [6.45, 7) is 4.08. The lowest BCUT2D eigenvalue weighted by Gasteiger charge is -2.35. The zero-order valence-electron chi connectivity index (χ0n) is 16.9. The van der Waals surface area contributed by atoms with Gasteiger partial charge in [0, 0.05) is 43.9 Å². The molecule has 0 radical (unpaired) electrons. The highest BCUT2D eigenvalue weighted by Crippen LogP contribution is 2.21. The summed E-state index contributed by atoms with van der Waals surface area (Å²) in [6.07, 6.45) is 5.78. The number of nitrogens with one attached hydrogen (secondary N) is 1. The van der Waals surface area contributed by atoms with Crippen molar-refractivity contribution in [2.45, 2.75) is 45.1 Å². The SMILES string of the molecule is Cc1ccc(-c2cc(C(=O)N3CCN(C(=O)NC4CCCCC4)CC3)on2)cc1. The lowest BCUT2D eigenvalue weighted by atomic mass is 9.96. The van der Waals surface area contributed by atoms with E-state index in [1.807, 2.05) is 31.2 Å². The van der Waals surface area contributed by atoms with Crippen LogP contribution >= 0.6 is 0 Å². The zero-order valence-corrected chi connectivity index (χ0v) is 16.9. The van der Waals surface area contributed by atoms with Gasteiger partial charge >= 0.3 is 6.03 Å². The Morgan fingerprint density at radius 3 is 2.34 bits per heavy atom. The summed E-state index contributed by atoms with van der Waals surface area (Å²) in [6, 6.07) is 9.91. The molecule has 29 heavy (non-hydrogen) atoms. The van der Waals surface area contributed by atoms with Gasteiger partial charge in [-0.2, -0.15) is 0 Å². The molecule has 1 saturated carbocycles. The summed E-state index contributed by atoms with van der Waals surface area (Å²) in [4.78, 5) is 28.8. The minimum Gasteiger partial charge on any atom is -0.350 e. The van der Waals surface area contributed by atoms with E-state index >= 15 is 0 Å².